The van der Waals surface area contributed by atoms with Crippen LogP contribution in [0.4, 0.5) is 4.39 Å². The van der Waals surface area contributed by atoms with E-state index in [0.717, 1.165) is 11.1 Å². The highest BCUT2D eigenvalue weighted by Crippen LogP contribution is 2.23. The third-order valence-corrected chi connectivity index (χ3v) is 4.57. The van der Waals surface area contributed by atoms with E-state index in [-0.39, 0.29) is 23.6 Å². The van der Waals surface area contributed by atoms with E-state index in [1.165, 1.54) is 24.3 Å². The summed E-state index contributed by atoms with van der Waals surface area (Å²) in [6.45, 7) is 3.74. The number of ether oxygens (including phenoxy) is 1. The Balaban J connectivity index is 1.82. The van der Waals surface area contributed by atoms with Gasteiger partial charge in [0.15, 0.2) is 0 Å². The van der Waals surface area contributed by atoms with Crippen molar-refractivity contribution in [3.8, 4) is 0 Å². The molecule has 0 amide bonds. The molecule has 3 rings (SSSR count). The first-order chi connectivity index (χ1) is 12.3. The van der Waals surface area contributed by atoms with Crippen LogP contribution in [-0.4, -0.2) is 5.97 Å². The van der Waals surface area contributed by atoms with Crippen molar-refractivity contribution in [1.82, 2.24) is 0 Å². The summed E-state index contributed by atoms with van der Waals surface area (Å²) in [6, 6.07) is 9.15. The van der Waals surface area contributed by atoms with Gasteiger partial charge in [-0.05, 0) is 49.2 Å². The van der Waals surface area contributed by atoms with Crippen molar-refractivity contribution in [3.05, 3.63) is 79.9 Å². The summed E-state index contributed by atoms with van der Waals surface area (Å²) in [5.41, 5.74) is 2.55. The maximum absolute atomic E-state index is 13.8. The quantitative estimate of drug-likeness (QED) is 0.498. The van der Waals surface area contributed by atoms with Gasteiger partial charge in [-0.3, -0.25) is 4.79 Å². The SMILES string of the molecule is Cc1cc2oc(=O)cc(COC(=O)Cc3c(F)cccc3Cl)c2cc1C. The van der Waals surface area contributed by atoms with Crippen LogP contribution in [0.25, 0.3) is 11.0 Å². The Kier molecular flexibility index (Phi) is 5.09. The molecule has 26 heavy (non-hydrogen) atoms. The highest BCUT2D eigenvalue weighted by Gasteiger charge is 2.14. The molecule has 4 nitrogen and oxygen atoms in total. The van der Waals surface area contributed by atoms with Gasteiger partial charge in [-0.2, -0.15) is 0 Å². The lowest BCUT2D eigenvalue weighted by Crippen LogP contribution is -2.11. The zero-order chi connectivity index (χ0) is 18.8. The van der Waals surface area contributed by atoms with Crippen molar-refractivity contribution in [1.29, 1.82) is 0 Å². The predicted molar refractivity (Wildman–Crippen MR) is 96.9 cm³/mol. The van der Waals surface area contributed by atoms with E-state index in [1.54, 1.807) is 6.07 Å². The second-order valence-corrected chi connectivity index (χ2v) is 6.47. The highest BCUT2D eigenvalue weighted by molar-refractivity contribution is 6.31. The number of hydrogen-bond donors (Lipinski definition) is 0. The molecule has 0 atom stereocenters. The molecule has 2 aromatic carbocycles. The first-order valence-electron chi connectivity index (χ1n) is 7.97. The molecule has 0 spiro atoms. The van der Waals surface area contributed by atoms with Gasteiger partial charge >= 0.3 is 11.6 Å². The van der Waals surface area contributed by atoms with Crippen LogP contribution in [0.2, 0.25) is 5.02 Å². The fourth-order valence-electron chi connectivity index (χ4n) is 2.66. The molecule has 0 fully saturated rings. The lowest BCUT2D eigenvalue weighted by Gasteiger charge is -2.10. The van der Waals surface area contributed by atoms with Crippen LogP contribution in [0.1, 0.15) is 22.3 Å². The number of rotatable bonds is 4. The second-order valence-electron chi connectivity index (χ2n) is 6.06. The Morgan fingerprint density at radius 3 is 2.65 bits per heavy atom. The van der Waals surface area contributed by atoms with Crippen LogP contribution in [0.5, 0.6) is 0 Å². The molecule has 0 aliphatic rings. The van der Waals surface area contributed by atoms with Crippen molar-refractivity contribution in [2.24, 2.45) is 0 Å². The average molecular weight is 375 g/mol. The van der Waals surface area contributed by atoms with E-state index in [0.29, 0.717) is 16.5 Å². The fourth-order valence-corrected chi connectivity index (χ4v) is 2.89. The number of benzene rings is 2. The first kappa shape index (κ1) is 18.1. The van der Waals surface area contributed by atoms with Gasteiger partial charge in [-0.15, -0.1) is 0 Å². The summed E-state index contributed by atoms with van der Waals surface area (Å²) in [6.07, 6.45) is -0.289. The molecule has 0 saturated heterocycles. The maximum atomic E-state index is 13.8. The van der Waals surface area contributed by atoms with Crippen LogP contribution in [0.3, 0.4) is 0 Å². The second kappa shape index (κ2) is 7.30. The zero-order valence-electron chi connectivity index (χ0n) is 14.3. The number of fused-ring (bicyclic) bond motifs is 1. The van der Waals surface area contributed by atoms with E-state index >= 15 is 0 Å². The summed E-state index contributed by atoms with van der Waals surface area (Å²) < 4.78 is 24.2. The first-order valence-corrected chi connectivity index (χ1v) is 8.35. The largest absolute Gasteiger partial charge is 0.461 e. The molecule has 1 aromatic heterocycles. The molecule has 0 radical (unpaired) electrons. The molecule has 0 saturated carbocycles. The highest BCUT2D eigenvalue weighted by atomic mass is 35.5. The number of halogens is 2. The van der Waals surface area contributed by atoms with Gasteiger partial charge < -0.3 is 9.15 Å². The van der Waals surface area contributed by atoms with Gasteiger partial charge in [0.1, 0.15) is 18.0 Å². The third kappa shape index (κ3) is 3.78. The van der Waals surface area contributed by atoms with Crippen molar-refractivity contribution in [3.63, 3.8) is 0 Å². The number of hydrogen-bond acceptors (Lipinski definition) is 4. The van der Waals surface area contributed by atoms with E-state index < -0.39 is 17.4 Å². The van der Waals surface area contributed by atoms with Crippen molar-refractivity contribution in [2.75, 3.05) is 0 Å². The molecule has 1 heterocycles. The van der Waals surface area contributed by atoms with Gasteiger partial charge in [0.25, 0.3) is 0 Å². The summed E-state index contributed by atoms with van der Waals surface area (Å²) in [7, 11) is 0. The van der Waals surface area contributed by atoms with Crippen LogP contribution in [0, 0.1) is 19.7 Å². The smallest absolute Gasteiger partial charge is 0.336 e. The Hall–Kier alpha value is -2.66. The van der Waals surface area contributed by atoms with Gasteiger partial charge in [-0.1, -0.05) is 17.7 Å². The molecule has 0 aliphatic carbocycles. The number of carbonyl (C=O) groups excluding carboxylic acids is 1. The van der Waals surface area contributed by atoms with Crippen LogP contribution in [0.15, 0.2) is 45.6 Å². The topological polar surface area (TPSA) is 56.5 Å². The summed E-state index contributed by atoms with van der Waals surface area (Å²) in [4.78, 5) is 23.8. The van der Waals surface area contributed by atoms with E-state index in [1.807, 2.05) is 19.9 Å². The minimum atomic E-state index is -0.637. The predicted octanol–water partition coefficient (Wildman–Crippen LogP) is 4.49. The Bertz CT molecular complexity index is 1040. The molecule has 6 heteroatoms. The summed E-state index contributed by atoms with van der Waals surface area (Å²) in [5.74, 6) is -1.20. The summed E-state index contributed by atoms with van der Waals surface area (Å²) >= 11 is 5.92. The third-order valence-electron chi connectivity index (χ3n) is 4.22. The summed E-state index contributed by atoms with van der Waals surface area (Å²) in [5, 5.41) is 0.864. The van der Waals surface area contributed by atoms with Gasteiger partial charge in [0.2, 0.25) is 0 Å². The lowest BCUT2D eigenvalue weighted by molar-refractivity contribution is -0.144. The van der Waals surface area contributed by atoms with E-state index in [9.17, 15) is 14.0 Å². The van der Waals surface area contributed by atoms with Gasteiger partial charge in [-0.25, -0.2) is 9.18 Å². The molecular weight excluding hydrogens is 359 g/mol. The molecule has 0 aliphatic heterocycles. The molecule has 0 unspecified atom stereocenters. The van der Waals surface area contributed by atoms with Crippen LogP contribution < -0.4 is 5.63 Å². The zero-order valence-corrected chi connectivity index (χ0v) is 15.0. The normalized spacial score (nSPS) is 10.9. The molecule has 3 aromatic rings. The minimum Gasteiger partial charge on any atom is -0.461 e. The minimum absolute atomic E-state index is 0.0862. The van der Waals surface area contributed by atoms with Crippen LogP contribution >= 0.6 is 11.6 Å². The van der Waals surface area contributed by atoms with Crippen LogP contribution in [-0.2, 0) is 22.6 Å². The number of carbonyl (C=O) groups is 1. The lowest BCUT2D eigenvalue weighted by atomic mass is 10.0. The maximum Gasteiger partial charge on any atom is 0.336 e. The molecule has 0 bridgehead atoms. The Morgan fingerprint density at radius 1 is 1.19 bits per heavy atom. The standard InChI is InChI=1S/C20H16ClFO4/c1-11-6-14-13(8-20(24)26-18(14)7-12(11)2)10-25-19(23)9-15-16(21)4-3-5-17(15)22/h3-8H,9-10H2,1-2H3. The fraction of sp³-hybridized carbons (Fsp3) is 0.200. The molecular formula is C20H16ClFO4. The van der Waals surface area contributed by atoms with Gasteiger partial charge in [0.05, 0.1) is 6.42 Å². The van der Waals surface area contributed by atoms with Crippen molar-refractivity contribution in [2.45, 2.75) is 26.9 Å². The number of aryl methyl sites for hydroxylation is 2. The van der Waals surface area contributed by atoms with Crippen molar-refractivity contribution >= 4 is 28.5 Å². The number of esters is 1. The van der Waals surface area contributed by atoms with Crippen molar-refractivity contribution < 1.29 is 18.3 Å². The Labute approximate surface area is 154 Å². The van der Waals surface area contributed by atoms with E-state index in [4.69, 9.17) is 20.8 Å². The van der Waals surface area contributed by atoms with Gasteiger partial charge in [0, 0.05) is 27.6 Å². The van der Waals surface area contributed by atoms with E-state index in [2.05, 4.69) is 0 Å². The molecule has 0 N–H and O–H groups in total. The average Bonchev–Trinajstić information content (AvgIpc) is 2.58. The Morgan fingerprint density at radius 2 is 1.92 bits per heavy atom. The monoisotopic (exact) mass is 374 g/mol. The molecule has 134 valence electrons.